The highest BCUT2D eigenvalue weighted by molar-refractivity contribution is 5.91. The Kier molecular flexibility index (Phi) is 6.49. The molecular formula is C23H33N5O2. The zero-order chi connectivity index (χ0) is 21.1. The molecule has 0 aliphatic carbocycles. The summed E-state index contributed by atoms with van der Waals surface area (Å²) in [5.41, 5.74) is 2.21. The number of carbonyl (C=O) groups is 1. The SMILES string of the molecule is COCC1CCCCN1Cc1nc(N2CCN(C(C)=O)CC2)c2cccc(C)c2n1. The normalized spacial score (nSPS) is 20.7. The zero-order valence-electron chi connectivity index (χ0n) is 18.4. The van der Waals surface area contributed by atoms with Crippen LogP contribution in [0.2, 0.25) is 0 Å². The van der Waals surface area contributed by atoms with Crippen LogP contribution in [0.3, 0.4) is 0 Å². The number of nitrogens with zero attached hydrogens (tertiary/aromatic N) is 5. The first-order valence-electron chi connectivity index (χ1n) is 11.1. The number of piperidine rings is 1. The van der Waals surface area contributed by atoms with Crippen LogP contribution in [0.5, 0.6) is 0 Å². The van der Waals surface area contributed by atoms with E-state index in [1.807, 2.05) is 4.90 Å². The number of aromatic nitrogens is 2. The number of fused-ring (bicyclic) bond motifs is 1. The molecule has 162 valence electrons. The van der Waals surface area contributed by atoms with Crippen molar-refractivity contribution < 1.29 is 9.53 Å². The van der Waals surface area contributed by atoms with E-state index in [2.05, 4.69) is 34.9 Å². The van der Waals surface area contributed by atoms with Gasteiger partial charge in [0.2, 0.25) is 5.91 Å². The summed E-state index contributed by atoms with van der Waals surface area (Å²) in [7, 11) is 1.78. The highest BCUT2D eigenvalue weighted by Gasteiger charge is 2.26. The fourth-order valence-electron chi connectivity index (χ4n) is 4.70. The molecule has 7 nitrogen and oxygen atoms in total. The number of hydrogen-bond acceptors (Lipinski definition) is 6. The van der Waals surface area contributed by atoms with E-state index in [9.17, 15) is 4.79 Å². The van der Waals surface area contributed by atoms with Gasteiger partial charge in [-0.2, -0.15) is 0 Å². The third-order valence-electron chi connectivity index (χ3n) is 6.43. The van der Waals surface area contributed by atoms with Crippen molar-refractivity contribution in [2.75, 3.05) is 51.3 Å². The summed E-state index contributed by atoms with van der Waals surface area (Å²) in [5, 5.41) is 1.10. The number of likely N-dealkylation sites (tertiary alicyclic amines) is 1. The summed E-state index contributed by atoms with van der Waals surface area (Å²) in [6.07, 6.45) is 3.64. The van der Waals surface area contributed by atoms with E-state index in [4.69, 9.17) is 14.7 Å². The number of hydrogen-bond donors (Lipinski definition) is 0. The van der Waals surface area contributed by atoms with Gasteiger partial charge in [-0.1, -0.05) is 18.6 Å². The van der Waals surface area contributed by atoms with Gasteiger partial charge in [-0.05, 0) is 37.9 Å². The summed E-state index contributed by atoms with van der Waals surface area (Å²) in [5.74, 6) is 2.03. The van der Waals surface area contributed by atoms with E-state index in [0.717, 1.165) is 68.4 Å². The Hall–Kier alpha value is -2.25. The van der Waals surface area contributed by atoms with Gasteiger partial charge < -0.3 is 14.5 Å². The molecule has 2 fully saturated rings. The Morgan fingerprint density at radius 1 is 1.13 bits per heavy atom. The number of piperazine rings is 1. The van der Waals surface area contributed by atoms with Crippen LogP contribution in [0.4, 0.5) is 5.82 Å². The van der Waals surface area contributed by atoms with Crippen LogP contribution >= 0.6 is 0 Å². The molecular weight excluding hydrogens is 378 g/mol. The minimum atomic E-state index is 0.146. The standard InChI is InChI=1S/C23H33N5O2/c1-17-7-6-9-20-22(17)24-21(15-28-10-5-4-8-19(28)16-30-3)25-23(20)27-13-11-26(12-14-27)18(2)29/h6-7,9,19H,4-5,8,10-16H2,1-3H3. The van der Waals surface area contributed by atoms with Crippen LogP contribution in [0.15, 0.2) is 18.2 Å². The predicted octanol–water partition coefficient (Wildman–Crippen LogP) is 2.61. The number of methoxy groups -OCH3 is 1. The Morgan fingerprint density at radius 2 is 1.93 bits per heavy atom. The maximum atomic E-state index is 11.7. The summed E-state index contributed by atoms with van der Waals surface area (Å²) in [6.45, 7) is 9.41. The lowest BCUT2D eigenvalue weighted by molar-refractivity contribution is -0.129. The zero-order valence-corrected chi connectivity index (χ0v) is 18.4. The van der Waals surface area contributed by atoms with Gasteiger partial charge in [0.15, 0.2) is 0 Å². The molecule has 4 rings (SSSR count). The fourth-order valence-corrected chi connectivity index (χ4v) is 4.70. The molecule has 30 heavy (non-hydrogen) atoms. The van der Waals surface area contributed by atoms with Crippen molar-refractivity contribution in [3.63, 3.8) is 0 Å². The van der Waals surface area contributed by atoms with Crippen LogP contribution in [-0.2, 0) is 16.1 Å². The highest BCUT2D eigenvalue weighted by atomic mass is 16.5. The van der Waals surface area contributed by atoms with Crippen molar-refractivity contribution in [1.82, 2.24) is 19.8 Å². The molecule has 1 aromatic carbocycles. The number of aryl methyl sites for hydroxylation is 1. The number of amides is 1. The molecule has 0 spiro atoms. The maximum Gasteiger partial charge on any atom is 0.219 e. The first-order valence-corrected chi connectivity index (χ1v) is 11.1. The van der Waals surface area contributed by atoms with Gasteiger partial charge in [0.05, 0.1) is 18.7 Å². The number of ether oxygens (including phenoxy) is 1. The second-order valence-corrected chi connectivity index (χ2v) is 8.50. The van der Waals surface area contributed by atoms with Crippen molar-refractivity contribution in [3.8, 4) is 0 Å². The average Bonchev–Trinajstić information content (AvgIpc) is 2.75. The lowest BCUT2D eigenvalue weighted by Crippen LogP contribution is -2.48. The summed E-state index contributed by atoms with van der Waals surface area (Å²) >= 11 is 0. The first-order chi connectivity index (χ1) is 14.6. The molecule has 7 heteroatoms. The highest BCUT2D eigenvalue weighted by Crippen LogP contribution is 2.28. The van der Waals surface area contributed by atoms with Crippen LogP contribution < -0.4 is 4.90 Å². The van der Waals surface area contributed by atoms with Crippen LogP contribution in [0.25, 0.3) is 10.9 Å². The average molecular weight is 412 g/mol. The molecule has 1 atom stereocenters. The smallest absolute Gasteiger partial charge is 0.219 e. The second kappa shape index (κ2) is 9.27. The molecule has 2 aliphatic rings. The van der Waals surface area contributed by atoms with E-state index in [0.29, 0.717) is 6.04 Å². The number of carbonyl (C=O) groups excluding carboxylic acids is 1. The first kappa shape index (κ1) is 21.0. The summed E-state index contributed by atoms with van der Waals surface area (Å²) in [4.78, 5) is 28.5. The van der Waals surface area contributed by atoms with Gasteiger partial charge in [0.25, 0.3) is 0 Å². The predicted molar refractivity (Wildman–Crippen MR) is 119 cm³/mol. The molecule has 1 amide bonds. The lowest BCUT2D eigenvalue weighted by Gasteiger charge is -2.36. The molecule has 1 aromatic heterocycles. The molecule has 2 aliphatic heterocycles. The minimum absolute atomic E-state index is 0.146. The number of rotatable bonds is 5. The number of anilines is 1. The van der Waals surface area contributed by atoms with Crippen LogP contribution in [0.1, 0.15) is 37.6 Å². The van der Waals surface area contributed by atoms with Crippen LogP contribution in [0, 0.1) is 6.92 Å². The molecule has 0 N–H and O–H groups in total. The largest absolute Gasteiger partial charge is 0.383 e. The molecule has 2 aromatic rings. The molecule has 1 unspecified atom stereocenters. The number of para-hydroxylation sites is 1. The van der Waals surface area contributed by atoms with Crippen molar-refractivity contribution in [3.05, 3.63) is 29.6 Å². The third kappa shape index (κ3) is 4.42. The third-order valence-corrected chi connectivity index (χ3v) is 6.43. The van der Waals surface area contributed by atoms with Gasteiger partial charge in [0.1, 0.15) is 11.6 Å². The number of benzene rings is 1. The van der Waals surface area contributed by atoms with E-state index in [1.54, 1.807) is 14.0 Å². The van der Waals surface area contributed by atoms with Crippen LogP contribution in [-0.4, -0.2) is 78.2 Å². The Morgan fingerprint density at radius 3 is 2.67 bits per heavy atom. The van der Waals surface area contributed by atoms with E-state index in [1.165, 1.54) is 24.8 Å². The van der Waals surface area contributed by atoms with Gasteiger partial charge in [-0.3, -0.25) is 9.69 Å². The van der Waals surface area contributed by atoms with Gasteiger partial charge in [-0.15, -0.1) is 0 Å². The molecule has 2 saturated heterocycles. The van der Waals surface area contributed by atoms with Gasteiger partial charge in [-0.25, -0.2) is 9.97 Å². The quantitative estimate of drug-likeness (QED) is 0.754. The molecule has 3 heterocycles. The second-order valence-electron chi connectivity index (χ2n) is 8.50. The van der Waals surface area contributed by atoms with Gasteiger partial charge in [0, 0.05) is 51.6 Å². The molecule has 0 bridgehead atoms. The maximum absolute atomic E-state index is 11.7. The van der Waals surface area contributed by atoms with Crippen molar-refractivity contribution in [2.24, 2.45) is 0 Å². The molecule has 0 radical (unpaired) electrons. The van der Waals surface area contributed by atoms with Crippen molar-refractivity contribution in [2.45, 2.75) is 45.7 Å². The summed E-state index contributed by atoms with van der Waals surface area (Å²) in [6, 6.07) is 6.75. The fraction of sp³-hybridized carbons (Fsp3) is 0.609. The van der Waals surface area contributed by atoms with Gasteiger partial charge >= 0.3 is 0 Å². The monoisotopic (exact) mass is 411 g/mol. The van der Waals surface area contributed by atoms with Crippen molar-refractivity contribution >= 4 is 22.6 Å². The summed E-state index contributed by atoms with van der Waals surface area (Å²) < 4.78 is 5.46. The van der Waals surface area contributed by atoms with E-state index >= 15 is 0 Å². The lowest BCUT2D eigenvalue weighted by atomic mass is 10.0. The Labute approximate surface area is 179 Å². The minimum Gasteiger partial charge on any atom is -0.383 e. The Balaban J connectivity index is 1.64. The topological polar surface area (TPSA) is 61.8 Å². The van der Waals surface area contributed by atoms with Crippen molar-refractivity contribution in [1.29, 1.82) is 0 Å². The Bertz CT molecular complexity index is 893. The molecule has 0 saturated carbocycles. The van der Waals surface area contributed by atoms with E-state index < -0.39 is 0 Å². The van der Waals surface area contributed by atoms with E-state index in [-0.39, 0.29) is 5.91 Å².